The van der Waals surface area contributed by atoms with Crippen LogP contribution in [0.1, 0.15) is 12.5 Å². The van der Waals surface area contributed by atoms with Gasteiger partial charge in [-0.05, 0) is 26.0 Å². The topological polar surface area (TPSA) is 55.1 Å². The molecule has 94 valence electrons. The Labute approximate surface area is 96.8 Å². The van der Waals surface area contributed by atoms with E-state index in [0.717, 1.165) is 5.56 Å². The normalized spacial score (nSPS) is 15.2. The van der Waals surface area contributed by atoms with Gasteiger partial charge in [0, 0.05) is 5.69 Å². The van der Waals surface area contributed by atoms with Crippen LogP contribution < -0.4 is 11.1 Å². The van der Waals surface area contributed by atoms with Crippen LogP contribution in [0, 0.1) is 6.92 Å². The van der Waals surface area contributed by atoms with E-state index in [1.54, 1.807) is 12.1 Å². The molecule has 3 N–H and O–H groups in total. The lowest BCUT2D eigenvalue weighted by atomic mass is 10.0. The average molecular weight is 246 g/mol. The second kappa shape index (κ2) is 4.37. The second-order valence-corrected chi connectivity index (χ2v) is 4.02. The van der Waals surface area contributed by atoms with Crippen LogP contribution >= 0.6 is 0 Å². The maximum Gasteiger partial charge on any atom is 0.415 e. The average Bonchev–Trinajstić information content (AvgIpc) is 2.19. The van der Waals surface area contributed by atoms with Crippen LogP contribution in [-0.2, 0) is 4.79 Å². The minimum atomic E-state index is -4.79. The van der Waals surface area contributed by atoms with E-state index in [0.29, 0.717) is 6.92 Å². The smallest absolute Gasteiger partial charge is 0.324 e. The van der Waals surface area contributed by atoms with Crippen molar-refractivity contribution in [1.82, 2.24) is 0 Å². The Morgan fingerprint density at radius 3 is 2.12 bits per heavy atom. The molecule has 0 spiro atoms. The predicted molar refractivity (Wildman–Crippen MR) is 58.5 cm³/mol. The molecule has 0 aliphatic heterocycles. The first-order chi connectivity index (χ1) is 7.64. The van der Waals surface area contributed by atoms with Crippen molar-refractivity contribution in [3.8, 4) is 0 Å². The van der Waals surface area contributed by atoms with Gasteiger partial charge in [0.1, 0.15) is 0 Å². The third-order valence-corrected chi connectivity index (χ3v) is 2.37. The number of amides is 1. The molecule has 1 amide bonds. The number of halogens is 3. The van der Waals surface area contributed by atoms with Gasteiger partial charge in [0.15, 0.2) is 5.54 Å². The summed E-state index contributed by atoms with van der Waals surface area (Å²) in [5, 5.41) is 2.13. The van der Waals surface area contributed by atoms with Gasteiger partial charge in [-0.1, -0.05) is 17.7 Å². The fraction of sp³-hybridized carbons (Fsp3) is 0.364. The molecule has 0 radical (unpaired) electrons. The minimum Gasteiger partial charge on any atom is -0.324 e. The number of nitrogens with two attached hydrogens (primary N) is 1. The molecule has 0 unspecified atom stereocenters. The van der Waals surface area contributed by atoms with Crippen molar-refractivity contribution in [3.05, 3.63) is 29.8 Å². The van der Waals surface area contributed by atoms with Crippen molar-refractivity contribution < 1.29 is 18.0 Å². The highest BCUT2D eigenvalue weighted by Gasteiger charge is 2.53. The highest BCUT2D eigenvalue weighted by molar-refractivity contribution is 5.98. The van der Waals surface area contributed by atoms with Crippen LogP contribution in [-0.4, -0.2) is 17.6 Å². The Balaban J connectivity index is 2.83. The van der Waals surface area contributed by atoms with Crippen LogP contribution in [0.3, 0.4) is 0 Å². The van der Waals surface area contributed by atoms with E-state index in [1.807, 2.05) is 6.92 Å². The molecule has 0 bridgehead atoms. The summed E-state index contributed by atoms with van der Waals surface area (Å²) in [5.74, 6) is -1.28. The van der Waals surface area contributed by atoms with E-state index in [1.165, 1.54) is 12.1 Å². The molecule has 0 aliphatic carbocycles. The number of rotatable bonds is 2. The van der Waals surface area contributed by atoms with Gasteiger partial charge in [-0.2, -0.15) is 13.2 Å². The predicted octanol–water partition coefficient (Wildman–Crippen LogP) is 2.21. The number of nitrogens with one attached hydrogen (secondary N) is 1. The standard InChI is InChI=1S/C11H13F3N2O/c1-7-3-5-8(6-4-7)16-9(17)10(2,15)11(12,13)14/h3-6H,15H2,1-2H3,(H,16,17)/t10-/m1/s1. The first-order valence-electron chi connectivity index (χ1n) is 4.88. The quantitative estimate of drug-likeness (QED) is 0.840. The summed E-state index contributed by atoms with van der Waals surface area (Å²) in [6.07, 6.45) is -4.79. The zero-order chi connectivity index (χ0) is 13.3. The van der Waals surface area contributed by atoms with Gasteiger partial charge in [0.05, 0.1) is 0 Å². The summed E-state index contributed by atoms with van der Waals surface area (Å²) in [5.41, 5.74) is 3.29. The summed E-state index contributed by atoms with van der Waals surface area (Å²) in [6.45, 7) is 2.46. The van der Waals surface area contributed by atoms with Gasteiger partial charge in [0.2, 0.25) is 0 Å². The van der Waals surface area contributed by atoms with Crippen molar-refractivity contribution >= 4 is 11.6 Å². The molecule has 1 rings (SSSR count). The van der Waals surface area contributed by atoms with Crippen LogP contribution in [0.15, 0.2) is 24.3 Å². The zero-order valence-electron chi connectivity index (χ0n) is 9.43. The van der Waals surface area contributed by atoms with Gasteiger partial charge < -0.3 is 11.1 Å². The number of carbonyl (C=O) groups excluding carboxylic acids is 1. The SMILES string of the molecule is Cc1ccc(NC(=O)[C@@](C)(N)C(F)(F)F)cc1. The van der Waals surface area contributed by atoms with E-state index in [2.05, 4.69) is 5.32 Å². The highest BCUT2D eigenvalue weighted by atomic mass is 19.4. The van der Waals surface area contributed by atoms with Crippen molar-refractivity contribution in [1.29, 1.82) is 0 Å². The highest BCUT2D eigenvalue weighted by Crippen LogP contribution is 2.29. The van der Waals surface area contributed by atoms with Gasteiger partial charge in [-0.3, -0.25) is 4.79 Å². The second-order valence-electron chi connectivity index (χ2n) is 4.02. The summed E-state index contributed by atoms with van der Waals surface area (Å²) >= 11 is 0. The maximum atomic E-state index is 12.5. The molecule has 0 aromatic heterocycles. The summed E-state index contributed by atoms with van der Waals surface area (Å²) in [6, 6.07) is 6.38. The summed E-state index contributed by atoms with van der Waals surface area (Å²) in [4.78, 5) is 11.4. The van der Waals surface area contributed by atoms with E-state index in [9.17, 15) is 18.0 Å². The number of carbonyl (C=O) groups is 1. The van der Waals surface area contributed by atoms with Crippen molar-refractivity contribution in [3.63, 3.8) is 0 Å². The Hall–Kier alpha value is -1.56. The van der Waals surface area contributed by atoms with E-state index < -0.39 is 17.6 Å². The van der Waals surface area contributed by atoms with Gasteiger partial charge >= 0.3 is 6.18 Å². The Morgan fingerprint density at radius 1 is 1.24 bits per heavy atom. The minimum absolute atomic E-state index is 0.279. The third-order valence-electron chi connectivity index (χ3n) is 2.37. The zero-order valence-corrected chi connectivity index (χ0v) is 9.43. The molecule has 0 saturated heterocycles. The third kappa shape index (κ3) is 2.97. The van der Waals surface area contributed by atoms with Crippen LogP contribution in [0.25, 0.3) is 0 Å². The molecule has 0 heterocycles. The Bertz CT molecular complexity index is 410. The van der Waals surface area contributed by atoms with Gasteiger partial charge in [0.25, 0.3) is 5.91 Å². The van der Waals surface area contributed by atoms with E-state index in [-0.39, 0.29) is 5.69 Å². The Kier molecular flexibility index (Phi) is 3.47. The molecular formula is C11H13F3N2O. The lowest BCUT2D eigenvalue weighted by Gasteiger charge is -2.26. The number of aryl methyl sites for hydroxylation is 1. The fourth-order valence-electron chi connectivity index (χ4n) is 1.03. The maximum absolute atomic E-state index is 12.5. The molecule has 3 nitrogen and oxygen atoms in total. The summed E-state index contributed by atoms with van der Waals surface area (Å²) < 4.78 is 37.4. The van der Waals surface area contributed by atoms with Crippen LogP contribution in [0.2, 0.25) is 0 Å². The summed E-state index contributed by atoms with van der Waals surface area (Å²) in [7, 11) is 0. The van der Waals surface area contributed by atoms with Crippen LogP contribution in [0.5, 0.6) is 0 Å². The molecule has 6 heteroatoms. The fourth-order valence-corrected chi connectivity index (χ4v) is 1.03. The molecule has 0 saturated carbocycles. The van der Waals surface area contributed by atoms with Crippen LogP contribution in [0.4, 0.5) is 18.9 Å². The lowest BCUT2D eigenvalue weighted by Crippen LogP contribution is -2.59. The molecule has 0 fully saturated rings. The lowest BCUT2D eigenvalue weighted by molar-refractivity contribution is -0.184. The molecule has 1 aromatic rings. The van der Waals surface area contributed by atoms with Gasteiger partial charge in [-0.15, -0.1) is 0 Å². The van der Waals surface area contributed by atoms with Crippen molar-refractivity contribution in [2.24, 2.45) is 5.73 Å². The molecule has 1 atom stereocenters. The molecule has 0 aliphatic rings. The van der Waals surface area contributed by atoms with E-state index >= 15 is 0 Å². The van der Waals surface area contributed by atoms with Crippen molar-refractivity contribution in [2.75, 3.05) is 5.32 Å². The first kappa shape index (κ1) is 13.5. The number of benzene rings is 1. The molecule has 17 heavy (non-hydrogen) atoms. The largest absolute Gasteiger partial charge is 0.415 e. The first-order valence-corrected chi connectivity index (χ1v) is 4.88. The number of hydrogen-bond donors (Lipinski definition) is 2. The molecular weight excluding hydrogens is 233 g/mol. The van der Waals surface area contributed by atoms with Crippen molar-refractivity contribution in [2.45, 2.75) is 25.6 Å². The number of anilines is 1. The number of hydrogen-bond acceptors (Lipinski definition) is 2. The van der Waals surface area contributed by atoms with E-state index in [4.69, 9.17) is 5.73 Å². The molecule has 1 aromatic carbocycles. The number of alkyl halides is 3. The monoisotopic (exact) mass is 246 g/mol. The van der Waals surface area contributed by atoms with Gasteiger partial charge in [-0.25, -0.2) is 0 Å². The Morgan fingerprint density at radius 2 is 1.71 bits per heavy atom.